The van der Waals surface area contributed by atoms with E-state index in [9.17, 15) is 4.79 Å². The summed E-state index contributed by atoms with van der Waals surface area (Å²) in [6, 6.07) is 7.88. The Bertz CT molecular complexity index is 620. The highest BCUT2D eigenvalue weighted by Crippen LogP contribution is 2.62. The Hall–Kier alpha value is -1.02. The van der Waals surface area contributed by atoms with Crippen molar-refractivity contribution in [2.45, 2.75) is 66.2 Å². The highest BCUT2D eigenvalue weighted by Gasteiger charge is 2.54. The predicted molar refractivity (Wildman–Crippen MR) is 105 cm³/mol. The molecule has 0 saturated heterocycles. The first kappa shape index (κ1) is 18.8. The largest absolute Gasteiger partial charge is 0.355 e. The summed E-state index contributed by atoms with van der Waals surface area (Å²) >= 11 is 5.93. The number of rotatable bonds is 4. The molecular formula is C22H32ClNO. The van der Waals surface area contributed by atoms with E-state index in [1.807, 2.05) is 24.3 Å². The summed E-state index contributed by atoms with van der Waals surface area (Å²) in [4.78, 5) is 13.0. The number of halogens is 1. The fourth-order valence-corrected chi connectivity index (χ4v) is 6.62. The lowest BCUT2D eigenvalue weighted by molar-refractivity contribution is -0.144. The number of carbonyl (C=O) groups excluding carboxylic acids is 1. The third-order valence-electron chi connectivity index (χ3n) is 6.33. The number of carbonyl (C=O) groups is 1. The number of amides is 1. The molecule has 2 fully saturated rings. The Morgan fingerprint density at radius 1 is 1.08 bits per heavy atom. The second-order valence-electron chi connectivity index (χ2n) is 9.86. The van der Waals surface area contributed by atoms with E-state index in [1.165, 1.54) is 24.8 Å². The maximum atomic E-state index is 13.0. The average Bonchev–Trinajstić information content (AvgIpc) is 2.45. The van der Waals surface area contributed by atoms with Crippen LogP contribution in [0.3, 0.4) is 0 Å². The summed E-state index contributed by atoms with van der Waals surface area (Å²) in [6.45, 7) is 10.1. The van der Waals surface area contributed by atoms with Crippen LogP contribution in [0.2, 0.25) is 5.02 Å². The van der Waals surface area contributed by atoms with Crippen molar-refractivity contribution >= 4 is 17.5 Å². The number of nitrogens with one attached hydrogen (secondary N) is 1. The minimum absolute atomic E-state index is 0.234. The van der Waals surface area contributed by atoms with Gasteiger partial charge in [-0.1, -0.05) is 51.4 Å². The van der Waals surface area contributed by atoms with Crippen LogP contribution in [0.4, 0.5) is 0 Å². The molecule has 2 nitrogen and oxygen atoms in total. The van der Waals surface area contributed by atoms with Crippen LogP contribution >= 0.6 is 11.6 Å². The van der Waals surface area contributed by atoms with Crippen molar-refractivity contribution in [3.05, 3.63) is 34.9 Å². The van der Waals surface area contributed by atoms with Gasteiger partial charge in [0, 0.05) is 17.0 Å². The Morgan fingerprint density at radius 3 is 2.20 bits per heavy atom. The molecule has 1 amide bonds. The first-order valence-corrected chi connectivity index (χ1v) is 10.0. The Balaban J connectivity index is 1.62. The normalized spacial score (nSPS) is 37.6. The lowest BCUT2D eigenvalue weighted by Crippen LogP contribution is -2.53. The molecule has 0 heterocycles. The molecule has 3 rings (SSSR count). The quantitative estimate of drug-likeness (QED) is 0.739. The van der Waals surface area contributed by atoms with Gasteiger partial charge in [-0.2, -0.15) is 0 Å². The third-order valence-corrected chi connectivity index (χ3v) is 6.58. The molecule has 0 radical (unpaired) electrons. The zero-order chi connectivity index (χ0) is 18.3. The minimum atomic E-state index is -0.234. The maximum absolute atomic E-state index is 13.0. The van der Waals surface area contributed by atoms with Crippen LogP contribution in [0, 0.1) is 22.2 Å². The Labute approximate surface area is 157 Å². The molecule has 2 unspecified atom stereocenters. The standard InChI is InChI=1S/C22H32ClNO/c1-16-11-20(2)13-21(3,12-16)15-22(4,14-20)19(25)24-10-9-17-5-7-18(23)8-6-17/h5-8,16H,9-15H2,1-4H3,(H,24,25). The van der Waals surface area contributed by atoms with Gasteiger partial charge in [0.25, 0.3) is 0 Å². The van der Waals surface area contributed by atoms with Crippen molar-refractivity contribution in [3.8, 4) is 0 Å². The summed E-state index contributed by atoms with van der Waals surface area (Å²) in [6.07, 6.45) is 6.69. The molecule has 2 atom stereocenters. The number of hydrogen-bond acceptors (Lipinski definition) is 1. The molecule has 0 aliphatic heterocycles. The van der Waals surface area contributed by atoms with Crippen LogP contribution in [-0.4, -0.2) is 12.5 Å². The van der Waals surface area contributed by atoms with Gasteiger partial charge in [0.05, 0.1) is 0 Å². The van der Waals surface area contributed by atoms with Gasteiger partial charge >= 0.3 is 0 Å². The van der Waals surface area contributed by atoms with Gasteiger partial charge in [0.15, 0.2) is 0 Å². The zero-order valence-electron chi connectivity index (χ0n) is 16.1. The van der Waals surface area contributed by atoms with Gasteiger partial charge in [-0.05, 0) is 73.0 Å². The van der Waals surface area contributed by atoms with E-state index in [0.29, 0.717) is 17.4 Å². The molecule has 0 aromatic heterocycles. The van der Waals surface area contributed by atoms with E-state index in [-0.39, 0.29) is 11.3 Å². The summed E-state index contributed by atoms with van der Waals surface area (Å²) in [7, 11) is 0. The van der Waals surface area contributed by atoms with Gasteiger partial charge in [-0.3, -0.25) is 4.79 Å². The van der Waals surface area contributed by atoms with Crippen LogP contribution in [0.25, 0.3) is 0 Å². The smallest absolute Gasteiger partial charge is 0.225 e. The van der Waals surface area contributed by atoms with Crippen molar-refractivity contribution in [3.63, 3.8) is 0 Å². The number of hydrogen-bond donors (Lipinski definition) is 1. The van der Waals surface area contributed by atoms with Crippen molar-refractivity contribution in [1.82, 2.24) is 5.32 Å². The Morgan fingerprint density at radius 2 is 1.64 bits per heavy atom. The average molecular weight is 362 g/mol. The third kappa shape index (κ3) is 4.22. The molecule has 2 saturated carbocycles. The van der Waals surface area contributed by atoms with E-state index in [2.05, 4.69) is 33.0 Å². The molecule has 1 aromatic rings. The van der Waals surface area contributed by atoms with Crippen LogP contribution < -0.4 is 5.32 Å². The topological polar surface area (TPSA) is 29.1 Å². The summed E-state index contributed by atoms with van der Waals surface area (Å²) < 4.78 is 0. The van der Waals surface area contributed by atoms with Gasteiger partial charge in [-0.15, -0.1) is 0 Å². The highest BCUT2D eigenvalue weighted by molar-refractivity contribution is 6.30. The van der Waals surface area contributed by atoms with Gasteiger partial charge < -0.3 is 5.32 Å². The SMILES string of the molecule is CC1CC2(C)CC(C)(C1)CC(C)(C(=O)NCCc1ccc(Cl)cc1)C2. The van der Waals surface area contributed by atoms with Crippen molar-refractivity contribution < 1.29 is 4.79 Å². The minimum Gasteiger partial charge on any atom is -0.355 e. The van der Waals surface area contributed by atoms with Gasteiger partial charge in [-0.25, -0.2) is 0 Å². The van der Waals surface area contributed by atoms with Gasteiger partial charge in [0.2, 0.25) is 5.91 Å². The molecule has 2 aliphatic carbocycles. The van der Waals surface area contributed by atoms with E-state index < -0.39 is 0 Å². The first-order valence-electron chi connectivity index (χ1n) is 9.64. The molecule has 1 N–H and O–H groups in total. The van der Waals surface area contributed by atoms with Crippen molar-refractivity contribution in [1.29, 1.82) is 0 Å². The molecule has 1 aromatic carbocycles. The Kier molecular flexibility index (Phi) is 4.96. The number of benzene rings is 1. The lowest BCUT2D eigenvalue weighted by atomic mass is 9.47. The van der Waals surface area contributed by atoms with E-state index in [1.54, 1.807) is 0 Å². The fraction of sp³-hybridized carbons (Fsp3) is 0.682. The molecule has 3 heteroatoms. The monoisotopic (exact) mass is 361 g/mol. The lowest BCUT2D eigenvalue weighted by Gasteiger charge is -2.57. The van der Waals surface area contributed by atoms with Crippen LogP contribution in [0.5, 0.6) is 0 Å². The highest BCUT2D eigenvalue weighted by atomic mass is 35.5. The fourth-order valence-electron chi connectivity index (χ4n) is 6.49. The molecular weight excluding hydrogens is 330 g/mol. The molecule has 2 bridgehead atoms. The summed E-state index contributed by atoms with van der Waals surface area (Å²) in [5.74, 6) is 1.02. The van der Waals surface area contributed by atoms with E-state index in [0.717, 1.165) is 30.2 Å². The molecule has 2 aliphatic rings. The van der Waals surface area contributed by atoms with Crippen LogP contribution in [0.15, 0.2) is 24.3 Å². The van der Waals surface area contributed by atoms with Gasteiger partial charge in [0.1, 0.15) is 0 Å². The molecule has 0 spiro atoms. The maximum Gasteiger partial charge on any atom is 0.225 e. The predicted octanol–water partition coefficient (Wildman–Crippen LogP) is 5.63. The van der Waals surface area contributed by atoms with Crippen molar-refractivity contribution in [2.24, 2.45) is 22.2 Å². The second-order valence-corrected chi connectivity index (χ2v) is 10.3. The van der Waals surface area contributed by atoms with Crippen molar-refractivity contribution in [2.75, 3.05) is 6.54 Å². The van der Waals surface area contributed by atoms with E-state index in [4.69, 9.17) is 11.6 Å². The van der Waals surface area contributed by atoms with Crippen LogP contribution in [0.1, 0.15) is 65.4 Å². The molecule has 138 valence electrons. The first-order chi connectivity index (χ1) is 11.6. The molecule has 25 heavy (non-hydrogen) atoms. The zero-order valence-corrected chi connectivity index (χ0v) is 16.9. The number of fused-ring (bicyclic) bond motifs is 2. The summed E-state index contributed by atoms with van der Waals surface area (Å²) in [5, 5.41) is 3.97. The van der Waals surface area contributed by atoms with E-state index >= 15 is 0 Å². The summed E-state index contributed by atoms with van der Waals surface area (Å²) in [5.41, 5.74) is 1.60. The second kappa shape index (κ2) is 6.61. The van der Waals surface area contributed by atoms with Crippen LogP contribution in [-0.2, 0) is 11.2 Å².